The molecule has 7 nitrogen and oxygen atoms in total. The topological polar surface area (TPSA) is 85.4 Å². The van der Waals surface area contributed by atoms with Gasteiger partial charge in [-0.2, -0.15) is 4.31 Å². The fourth-order valence-electron chi connectivity index (χ4n) is 2.27. The number of amides is 1. The number of hydrogen-bond donors (Lipinski definition) is 0. The summed E-state index contributed by atoms with van der Waals surface area (Å²) >= 11 is 0. The monoisotopic (exact) mass is 379 g/mol. The summed E-state index contributed by atoms with van der Waals surface area (Å²) in [6.07, 6.45) is -1.38. The molecule has 2 saturated heterocycles. The molecule has 2 aliphatic heterocycles. The summed E-state index contributed by atoms with van der Waals surface area (Å²) in [6.45, 7) is 15.7. The second-order valence-electron chi connectivity index (χ2n) is 8.93. The standard InChI is InChI=1S/C15H29NO6SSi/c1-14(2,3)22-13(17)16-10(11-12(21-11)23(16,18)19)9-20-24(7,8)15(4,5)6/h10-12H,9H2,1-8H3. The van der Waals surface area contributed by atoms with Gasteiger partial charge in [0.1, 0.15) is 17.7 Å². The highest BCUT2D eigenvalue weighted by Gasteiger charge is 2.68. The van der Waals surface area contributed by atoms with Gasteiger partial charge in [0.25, 0.3) is 10.0 Å². The largest absolute Gasteiger partial charge is 0.443 e. The van der Waals surface area contributed by atoms with E-state index < -0.39 is 47.6 Å². The highest BCUT2D eigenvalue weighted by Crippen LogP contribution is 2.45. The molecular formula is C15H29NO6SSi. The maximum Gasteiger partial charge on any atom is 0.424 e. The van der Waals surface area contributed by atoms with Crippen LogP contribution < -0.4 is 0 Å². The molecule has 2 fully saturated rings. The number of fused-ring (bicyclic) bond motifs is 1. The van der Waals surface area contributed by atoms with E-state index in [0.717, 1.165) is 4.31 Å². The van der Waals surface area contributed by atoms with Crippen molar-refractivity contribution in [3.8, 4) is 0 Å². The number of carbonyl (C=O) groups excluding carboxylic acids is 1. The van der Waals surface area contributed by atoms with Gasteiger partial charge in [0.15, 0.2) is 8.32 Å². The minimum atomic E-state index is -3.84. The number of rotatable bonds is 3. The molecule has 3 unspecified atom stereocenters. The molecule has 0 aromatic carbocycles. The van der Waals surface area contributed by atoms with Crippen molar-refractivity contribution in [3.63, 3.8) is 0 Å². The van der Waals surface area contributed by atoms with E-state index in [1.807, 2.05) is 0 Å². The van der Waals surface area contributed by atoms with E-state index in [0.29, 0.717) is 0 Å². The van der Waals surface area contributed by atoms with E-state index >= 15 is 0 Å². The summed E-state index contributed by atoms with van der Waals surface area (Å²) in [5, 5.41) is -0.00889. The molecule has 2 aliphatic rings. The molecule has 0 radical (unpaired) electrons. The lowest BCUT2D eigenvalue weighted by Crippen LogP contribution is -2.50. The van der Waals surface area contributed by atoms with Crippen molar-refractivity contribution < 1.29 is 27.1 Å². The Morgan fingerprint density at radius 1 is 1.17 bits per heavy atom. The van der Waals surface area contributed by atoms with Crippen molar-refractivity contribution in [1.82, 2.24) is 4.31 Å². The van der Waals surface area contributed by atoms with Crippen LogP contribution in [0.3, 0.4) is 0 Å². The summed E-state index contributed by atoms with van der Waals surface area (Å²) < 4.78 is 42.4. The number of nitrogens with zero attached hydrogens (tertiary/aromatic N) is 1. The fraction of sp³-hybridized carbons (Fsp3) is 0.933. The van der Waals surface area contributed by atoms with Crippen molar-refractivity contribution in [3.05, 3.63) is 0 Å². The van der Waals surface area contributed by atoms with Crippen molar-refractivity contribution in [2.24, 2.45) is 0 Å². The molecule has 0 saturated carbocycles. The summed E-state index contributed by atoms with van der Waals surface area (Å²) in [6, 6.07) is -0.663. The zero-order valence-corrected chi connectivity index (χ0v) is 17.6. The van der Waals surface area contributed by atoms with Gasteiger partial charge in [-0.25, -0.2) is 13.2 Å². The Balaban J connectivity index is 2.17. The first-order valence-corrected chi connectivity index (χ1v) is 12.5. The highest BCUT2D eigenvalue weighted by atomic mass is 32.2. The molecule has 24 heavy (non-hydrogen) atoms. The molecule has 0 aromatic heterocycles. The van der Waals surface area contributed by atoms with Gasteiger partial charge in [0.2, 0.25) is 5.44 Å². The van der Waals surface area contributed by atoms with E-state index in [2.05, 4.69) is 33.9 Å². The molecule has 0 aliphatic carbocycles. The lowest BCUT2D eigenvalue weighted by Gasteiger charge is -2.38. The van der Waals surface area contributed by atoms with Gasteiger partial charge in [-0.15, -0.1) is 0 Å². The van der Waals surface area contributed by atoms with Crippen LogP contribution in [0.15, 0.2) is 0 Å². The highest BCUT2D eigenvalue weighted by molar-refractivity contribution is 7.90. The van der Waals surface area contributed by atoms with Crippen molar-refractivity contribution >= 4 is 24.4 Å². The first-order chi connectivity index (χ1) is 10.6. The molecule has 0 bridgehead atoms. The zero-order chi connectivity index (χ0) is 18.7. The predicted molar refractivity (Wildman–Crippen MR) is 92.6 cm³/mol. The van der Waals surface area contributed by atoms with E-state index in [9.17, 15) is 13.2 Å². The van der Waals surface area contributed by atoms with Crippen LogP contribution in [0.1, 0.15) is 41.5 Å². The second-order valence-corrected chi connectivity index (χ2v) is 15.6. The quantitative estimate of drug-likeness (QED) is 0.553. The normalized spacial score (nSPS) is 29.3. The predicted octanol–water partition coefficient (Wildman–Crippen LogP) is 2.68. The van der Waals surface area contributed by atoms with E-state index in [-0.39, 0.29) is 11.6 Å². The maximum atomic E-state index is 12.4. The Kier molecular flexibility index (Phi) is 4.66. The summed E-state index contributed by atoms with van der Waals surface area (Å²) in [7, 11) is -5.91. The molecule has 2 rings (SSSR count). The van der Waals surface area contributed by atoms with Crippen molar-refractivity contribution in [2.75, 3.05) is 6.61 Å². The molecule has 3 atom stereocenters. The van der Waals surface area contributed by atoms with Gasteiger partial charge in [-0.1, -0.05) is 20.8 Å². The smallest absolute Gasteiger partial charge is 0.424 e. The van der Waals surface area contributed by atoms with Gasteiger partial charge in [0.05, 0.1) is 6.61 Å². The molecule has 0 aromatic rings. The van der Waals surface area contributed by atoms with Crippen molar-refractivity contribution in [2.45, 2.75) is 82.9 Å². The first kappa shape index (κ1) is 19.7. The molecule has 1 amide bonds. The third-order valence-corrected chi connectivity index (χ3v) is 11.2. The summed E-state index contributed by atoms with van der Waals surface area (Å²) in [5.41, 5.74) is -1.72. The Morgan fingerprint density at radius 2 is 1.71 bits per heavy atom. The van der Waals surface area contributed by atoms with Gasteiger partial charge >= 0.3 is 6.09 Å². The van der Waals surface area contributed by atoms with Gasteiger partial charge in [-0.05, 0) is 38.9 Å². The van der Waals surface area contributed by atoms with E-state index in [1.54, 1.807) is 20.8 Å². The Hall–Kier alpha value is -0.643. The van der Waals surface area contributed by atoms with Gasteiger partial charge in [0, 0.05) is 0 Å². The fourth-order valence-corrected chi connectivity index (χ4v) is 5.11. The Bertz CT molecular complexity index is 619. The average molecular weight is 380 g/mol. The van der Waals surface area contributed by atoms with Crippen LogP contribution in [-0.2, 0) is 23.9 Å². The molecule has 0 N–H and O–H groups in total. The van der Waals surface area contributed by atoms with Crippen LogP contribution in [0.4, 0.5) is 4.79 Å². The van der Waals surface area contributed by atoms with Crippen LogP contribution in [-0.4, -0.2) is 56.9 Å². The van der Waals surface area contributed by atoms with E-state index in [1.165, 1.54) is 0 Å². The van der Waals surface area contributed by atoms with Crippen LogP contribution in [0.5, 0.6) is 0 Å². The van der Waals surface area contributed by atoms with Crippen LogP contribution in [0, 0.1) is 0 Å². The number of hydrogen-bond acceptors (Lipinski definition) is 6. The number of epoxide rings is 1. The third-order valence-electron chi connectivity index (χ3n) is 4.73. The first-order valence-electron chi connectivity index (χ1n) is 8.13. The van der Waals surface area contributed by atoms with Crippen LogP contribution >= 0.6 is 0 Å². The lowest BCUT2D eigenvalue weighted by atomic mass is 10.2. The lowest BCUT2D eigenvalue weighted by molar-refractivity contribution is 0.0273. The average Bonchev–Trinajstić information content (AvgIpc) is 3.06. The van der Waals surface area contributed by atoms with Crippen LogP contribution in [0.2, 0.25) is 18.1 Å². The number of sulfonamides is 1. The number of carbonyl (C=O) groups is 1. The molecule has 0 spiro atoms. The molecule has 9 heteroatoms. The Morgan fingerprint density at radius 3 is 2.17 bits per heavy atom. The minimum Gasteiger partial charge on any atom is -0.443 e. The van der Waals surface area contributed by atoms with Crippen LogP contribution in [0.25, 0.3) is 0 Å². The summed E-state index contributed by atoms with van der Waals surface area (Å²) in [5.74, 6) is 0. The minimum absolute atomic E-state index is 0.00889. The van der Waals surface area contributed by atoms with Gasteiger partial charge < -0.3 is 13.9 Å². The molecular weight excluding hydrogens is 350 g/mol. The molecule has 2 heterocycles. The maximum absolute atomic E-state index is 12.4. The van der Waals surface area contributed by atoms with E-state index in [4.69, 9.17) is 13.9 Å². The zero-order valence-electron chi connectivity index (χ0n) is 15.7. The summed E-state index contributed by atoms with van der Waals surface area (Å²) in [4.78, 5) is 12.4. The third kappa shape index (κ3) is 3.63. The second kappa shape index (κ2) is 5.68. The molecule has 140 valence electrons. The SMILES string of the molecule is CC(C)(C)OC(=O)N1C(CO[Si](C)(C)C(C)(C)C)C2OC2S1(=O)=O. The Labute approximate surface area is 145 Å². The van der Waals surface area contributed by atoms with Crippen molar-refractivity contribution in [1.29, 1.82) is 0 Å². The van der Waals surface area contributed by atoms with Gasteiger partial charge in [-0.3, -0.25) is 0 Å². The number of ether oxygens (including phenoxy) is 2.